The maximum atomic E-state index is 12.0. The van der Waals surface area contributed by atoms with Crippen molar-refractivity contribution in [2.24, 2.45) is 0 Å². The van der Waals surface area contributed by atoms with Gasteiger partial charge in [0.25, 0.3) is 0 Å². The van der Waals surface area contributed by atoms with Gasteiger partial charge in [0.2, 0.25) is 0 Å². The van der Waals surface area contributed by atoms with Crippen LogP contribution in [0.3, 0.4) is 0 Å². The molecule has 0 heterocycles. The first-order valence-electron chi connectivity index (χ1n) is 8.23. The number of ether oxygens (including phenoxy) is 2. The molecular weight excluding hydrogens is 316 g/mol. The summed E-state index contributed by atoms with van der Waals surface area (Å²) in [7, 11) is 0. The van der Waals surface area contributed by atoms with Gasteiger partial charge in [0.15, 0.2) is 0 Å². The molecule has 0 radical (unpaired) electrons. The third-order valence-electron chi connectivity index (χ3n) is 3.58. The van der Waals surface area contributed by atoms with Crippen molar-refractivity contribution in [3.63, 3.8) is 0 Å². The molecule has 0 aliphatic heterocycles. The Bertz CT molecular complexity index is 717. The highest BCUT2D eigenvalue weighted by Crippen LogP contribution is 2.19. The molecular formula is C21H22O4. The van der Waals surface area contributed by atoms with Crippen LogP contribution in [0.25, 0.3) is 11.1 Å². The highest BCUT2D eigenvalue weighted by Gasteiger charge is 2.07. The number of rotatable bonds is 8. The lowest BCUT2D eigenvalue weighted by Crippen LogP contribution is -2.09. The normalized spacial score (nSPS) is 10.1. The van der Waals surface area contributed by atoms with Crippen LogP contribution >= 0.6 is 0 Å². The Morgan fingerprint density at radius 3 is 2.00 bits per heavy atom. The average molecular weight is 338 g/mol. The Morgan fingerprint density at radius 1 is 0.840 bits per heavy atom. The van der Waals surface area contributed by atoms with Gasteiger partial charge in [-0.25, -0.2) is 9.59 Å². The van der Waals surface area contributed by atoms with Gasteiger partial charge < -0.3 is 9.47 Å². The molecule has 0 aromatic heterocycles. The van der Waals surface area contributed by atoms with Crippen molar-refractivity contribution in [1.29, 1.82) is 0 Å². The van der Waals surface area contributed by atoms with Crippen LogP contribution in [-0.2, 0) is 14.3 Å². The molecule has 25 heavy (non-hydrogen) atoms. The molecule has 0 fully saturated rings. The molecule has 4 nitrogen and oxygen atoms in total. The summed E-state index contributed by atoms with van der Waals surface area (Å²) >= 11 is 0. The predicted octanol–water partition coefficient (Wildman–Crippen LogP) is 4.41. The summed E-state index contributed by atoms with van der Waals surface area (Å²) in [4.78, 5) is 23.2. The van der Waals surface area contributed by atoms with E-state index in [2.05, 4.69) is 6.58 Å². The van der Waals surface area contributed by atoms with Gasteiger partial charge in [-0.15, -0.1) is 0 Å². The van der Waals surface area contributed by atoms with E-state index in [1.54, 1.807) is 19.1 Å². The first-order valence-corrected chi connectivity index (χ1v) is 8.23. The Labute approximate surface area is 148 Å². The summed E-state index contributed by atoms with van der Waals surface area (Å²) in [5.41, 5.74) is 3.06. The zero-order valence-electron chi connectivity index (χ0n) is 14.4. The highest BCUT2D eigenvalue weighted by atomic mass is 16.5. The zero-order valence-corrected chi connectivity index (χ0v) is 14.4. The van der Waals surface area contributed by atoms with Gasteiger partial charge in [0.05, 0.1) is 18.8 Å². The fourth-order valence-corrected chi connectivity index (χ4v) is 2.17. The smallest absolute Gasteiger partial charge is 0.338 e. The molecule has 2 aromatic rings. The van der Waals surface area contributed by atoms with Gasteiger partial charge in [-0.05, 0) is 43.0 Å². The van der Waals surface area contributed by atoms with Crippen LogP contribution in [0.4, 0.5) is 0 Å². The van der Waals surface area contributed by atoms with E-state index in [0.717, 1.165) is 11.1 Å². The number of hydrogen-bond donors (Lipinski definition) is 0. The van der Waals surface area contributed by atoms with E-state index in [9.17, 15) is 9.59 Å². The van der Waals surface area contributed by atoms with Crippen LogP contribution < -0.4 is 0 Å². The van der Waals surface area contributed by atoms with E-state index in [-0.39, 0.29) is 5.97 Å². The minimum Gasteiger partial charge on any atom is -0.462 e. The van der Waals surface area contributed by atoms with Gasteiger partial charge in [-0.3, -0.25) is 0 Å². The maximum Gasteiger partial charge on any atom is 0.338 e. The molecule has 4 heteroatoms. The summed E-state index contributed by atoms with van der Waals surface area (Å²) in [6, 6.07) is 17.3. The van der Waals surface area contributed by atoms with Crippen LogP contribution in [-0.4, -0.2) is 25.2 Å². The van der Waals surface area contributed by atoms with Gasteiger partial charge in [0, 0.05) is 5.57 Å². The molecule has 0 N–H and O–H groups in total. The second kappa shape index (κ2) is 9.42. The van der Waals surface area contributed by atoms with Crippen molar-refractivity contribution in [3.8, 4) is 11.1 Å². The monoisotopic (exact) mass is 338 g/mol. The molecule has 0 spiro atoms. The molecule has 0 atom stereocenters. The van der Waals surface area contributed by atoms with E-state index in [1.807, 2.05) is 42.5 Å². The molecule has 0 aliphatic carbocycles. The largest absolute Gasteiger partial charge is 0.462 e. The molecule has 0 saturated heterocycles. The molecule has 0 unspecified atom stereocenters. The van der Waals surface area contributed by atoms with Crippen molar-refractivity contribution in [1.82, 2.24) is 0 Å². The SMILES string of the molecule is C=C(C)C(=O)OCCCCOC(=O)c1ccc(-c2ccccc2)cc1. The van der Waals surface area contributed by atoms with E-state index >= 15 is 0 Å². The fraction of sp³-hybridized carbons (Fsp3) is 0.238. The van der Waals surface area contributed by atoms with Gasteiger partial charge in [0.1, 0.15) is 0 Å². The Hall–Kier alpha value is -2.88. The Balaban J connectivity index is 1.72. The Kier molecular flexibility index (Phi) is 6.96. The number of esters is 2. The lowest BCUT2D eigenvalue weighted by Gasteiger charge is -2.07. The summed E-state index contributed by atoms with van der Waals surface area (Å²) in [5, 5.41) is 0. The van der Waals surface area contributed by atoms with Crippen molar-refractivity contribution >= 4 is 11.9 Å². The topological polar surface area (TPSA) is 52.6 Å². The Morgan fingerprint density at radius 2 is 1.40 bits per heavy atom. The number of carbonyl (C=O) groups is 2. The van der Waals surface area contributed by atoms with Crippen LogP contribution in [0.15, 0.2) is 66.7 Å². The molecule has 0 saturated carbocycles. The second-order valence-corrected chi connectivity index (χ2v) is 5.70. The van der Waals surface area contributed by atoms with E-state index < -0.39 is 5.97 Å². The van der Waals surface area contributed by atoms with Crippen LogP contribution in [0.1, 0.15) is 30.1 Å². The second-order valence-electron chi connectivity index (χ2n) is 5.70. The lowest BCUT2D eigenvalue weighted by molar-refractivity contribution is -0.139. The molecule has 2 aromatic carbocycles. The zero-order chi connectivity index (χ0) is 18.1. The molecule has 2 rings (SSSR count). The standard InChI is InChI=1S/C21H22O4/c1-16(2)20(22)24-14-6-7-15-25-21(23)19-12-10-18(11-13-19)17-8-4-3-5-9-17/h3-5,8-13H,1,6-7,14-15H2,2H3. The number of carbonyl (C=O) groups excluding carboxylic acids is 2. The van der Waals surface area contributed by atoms with Crippen molar-refractivity contribution in [3.05, 3.63) is 72.3 Å². The summed E-state index contributed by atoms with van der Waals surface area (Å²) in [6.45, 7) is 5.71. The summed E-state index contributed by atoms with van der Waals surface area (Å²) in [6.07, 6.45) is 1.27. The molecule has 0 bridgehead atoms. The minimum absolute atomic E-state index is 0.296. The van der Waals surface area contributed by atoms with Crippen LogP contribution in [0, 0.1) is 0 Å². The molecule has 0 amide bonds. The predicted molar refractivity (Wildman–Crippen MR) is 97.2 cm³/mol. The van der Waals surface area contributed by atoms with Gasteiger partial charge in [-0.2, -0.15) is 0 Å². The summed E-state index contributed by atoms with van der Waals surface area (Å²) in [5.74, 6) is -0.742. The minimum atomic E-state index is -0.393. The maximum absolute atomic E-state index is 12.0. The van der Waals surface area contributed by atoms with Crippen molar-refractivity contribution < 1.29 is 19.1 Å². The third-order valence-corrected chi connectivity index (χ3v) is 3.58. The van der Waals surface area contributed by atoms with E-state index in [4.69, 9.17) is 9.47 Å². The quantitative estimate of drug-likeness (QED) is 0.406. The summed E-state index contributed by atoms with van der Waals surface area (Å²) < 4.78 is 10.2. The van der Waals surface area contributed by atoms with E-state index in [0.29, 0.717) is 37.2 Å². The van der Waals surface area contributed by atoms with Crippen LogP contribution in [0.5, 0.6) is 0 Å². The molecule has 130 valence electrons. The highest BCUT2D eigenvalue weighted by molar-refractivity contribution is 5.90. The van der Waals surface area contributed by atoms with Crippen molar-refractivity contribution in [2.75, 3.05) is 13.2 Å². The average Bonchev–Trinajstić information content (AvgIpc) is 2.65. The van der Waals surface area contributed by atoms with Crippen molar-refractivity contribution in [2.45, 2.75) is 19.8 Å². The lowest BCUT2D eigenvalue weighted by atomic mass is 10.0. The number of benzene rings is 2. The number of unbranched alkanes of at least 4 members (excludes halogenated alkanes) is 1. The third kappa shape index (κ3) is 5.92. The first-order chi connectivity index (χ1) is 12.1. The first kappa shape index (κ1) is 18.5. The fourth-order valence-electron chi connectivity index (χ4n) is 2.17. The van der Waals surface area contributed by atoms with E-state index in [1.165, 1.54) is 0 Å². The van der Waals surface area contributed by atoms with Crippen LogP contribution in [0.2, 0.25) is 0 Å². The van der Waals surface area contributed by atoms with Gasteiger partial charge >= 0.3 is 11.9 Å². The van der Waals surface area contributed by atoms with Gasteiger partial charge in [-0.1, -0.05) is 49.0 Å². The molecule has 0 aliphatic rings. The number of hydrogen-bond acceptors (Lipinski definition) is 4.